The maximum atomic E-state index is 13.0. The van der Waals surface area contributed by atoms with Crippen molar-refractivity contribution in [1.29, 1.82) is 0 Å². The summed E-state index contributed by atoms with van der Waals surface area (Å²) in [5.74, 6) is 0. The maximum Gasteiger partial charge on any atom is 0.418 e. The number of hydrogen-bond donors (Lipinski definition) is 1. The van der Waals surface area contributed by atoms with Crippen molar-refractivity contribution in [2.24, 2.45) is 0 Å². The topological polar surface area (TPSA) is 35.6 Å². The zero-order valence-electron chi connectivity index (χ0n) is 14.4. The molecule has 0 saturated carbocycles. The second-order valence-corrected chi connectivity index (χ2v) is 6.28. The highest BCUT2D eigenvalue weighted by Crippen LogP contribution is 2.34. The Balaban J connectivity index is 1.62. The lowest BCUT2D eigenvalue weighted by atomic mass is 10.1. The van der Waals surface area contributed by atoms with E-state index in [0.717, 1.165) is 11.8 Å². The molecule has 1 N–H and O–H groups in total. The van der Waals surface area contributed by atoms with E-state index < -0.39 is 17.8 Å². The van der Waals surface area contributed by atoms with Gasteiger partial charge in [0, 0.05) is 31.9 Å². The van der Waals surface area contributed by atoms with Crippen LogP contribution in [0.5, 0.6) is 0 Å². The largest absolute Gasteiger partial charge is 0.418 e. The highest BCUT2D eigenvalue weighted by molar-refractivity contribution is 5.90. The van der Waals surface area contributed by atoms with Crippen molar-refractivity contribution in [3.05, 3.63) is 59.7 Å². The van der Waals surface area contributed by atoms with Crippen molar-refractivity contribution < 1.29 is 18.0 Å². The molecule has 2 aromatic carbocycles. The normalized spacial score (nSPS) is 15.1. The summed E-state index contributed by atoms with van der Waals surface area (Å²) in [4.78, 5) is 16.1. The van der Waals surface area contributed by atoms with Gasteiger partial charge in [-0.1, -0.05) is 29.8 Å². The first-order valence-corrected chi connectivity index (χ1v) is 8.38. The van der Waals surface area contributed by atoms with Crippen LogP contribution in [0.1, 0.15) is 11.1 Å². The van der Waals surface area contributed by atoms with Gasteiger partial charge in [-0.05, 0) is 31.2 Å². The molecule has 1 aliphatic heterocycles. The first-order chi connectivity index (χ1) is 12.3. The molecule has 0 unspecified atom stereocenters. The van der Waals surface area contributed by atoms with Crippen molar-refractivity contribution in [3.8, 4) is 0 Å². The average molecular weight is 363 g/mol. The van der Waals surface area contributed by atoms with Crippen molar-refractivity contribution >= 4 is 17.4 Å². The number of halogens is 3. The van der Waals surface area contributed by atoms with Crippen LogP contribution >= 0.6 is 0 Å². The van der Waals surface area contributed by atoms with Gasteiger partial charge in [-0.3, -0.25) is 0 Å². The van der Waals surface area contributed by atoms with E-state index in [4.69, 9.17) is 0 Å². The molecular formula is C19H20F3N3O. The van der Waals surface area contributed by atoms with E-state index in [9.17, 15) is 18.0 Å². The molecule has 4 nitrogen and oxygen atoms in total. The second-order valence-electron chi connectivity index (χ2n) is 6.28. The number of nitrogens with zero attached hydrogens (tertiary/aromatic N) is 2. The number of nitrogens with one attached hydrogen (secondary N) is 1. The van der Waals surface area contributed by atoms with Gasteiger partial charge in [0.2, 0.25) is 0 Å². The Morgan fingerprint density at radius 2 is 1.58 bits per heavy atom. The van der Waals surface area contributed by atoms with Crippen LogP contribution in [0.3, 0.4) is 0 Å². The van der Waals surface area contributed by atoms with Gasteiger partial charge >= 0.3 is 12.2 Å². The van der Waals surface area contributed by atoms with E-state index in [1.54, 1.807) is 0 Å². The van der Waals surface area contributed by atoms with Crippen LogP contribution in [0.4, 0.5) is 29.3 Å². The Labute approximate surface area is 150 Å². The van der Waals surface area contributed by atoms with Gasteiger partial charge in [-0.25, -0.2) is 4.79 Å². The van der Waals surface area contributed by atoms with Gasteiger partial charge in [0.05, 0.1) is 11.3 Å². The lowest BCUT2D eigenvalue weighted by molar-refractivity contribution is -0.136. The highest BCUT2D eigenvalue weighted by atomic mass is 19.4. The fourth-order valence-electron chi connectivity index (χ4n) is 2.96. The van der Waals surface area contributed by atoms with Crippen molar-refractivity contribution in [2.75, 3.05) is 36.4 Å². The Morgan fingerprint density at radius 3 is 2.19 bits per heavy atom. The maximum absolute atomic E-state index is 13.0. The zero-order chi connectivity index (χ0) is 18.7. The van der Waals surface area contributed by atoms with E-state index in [2.05, 4.69) is 10.2 Å². The van der Waals surface area contributed by atoms with E-state index in [1.165, 1.54) is 28.7 Å². The number of amides is 2. The monoisotopic (exact) mass is 363 g/mol. The Bertz CT molecular complexity index is 766. The van der Waals surface area contributed by atoms with Gasteiger partial charge in [0.25, 0.3) is 0 Å². The number of carbonyl (C=O) groups excluding carboxylic acids is 1. The first kappa shape index (κ1) is 18.1. The van der Waals surface area contributed by atoms with E-state index >= 15 is 0 Å². The molecule has 1 fully saturated rings. The molecule has 0 spiro atoms. The molecule has 26 heavy (non-hydrogen) atoms. The molecule has 0 aromatic heterocycles. The number of aryl methyl sites for hydroxylation is 1. The minimum absolute atomic E-state index is 0.217. The summed E-state index contributed by atoms with van der Waals surface area (Å²) in [5, 5.41) is 2.40. The van der Waals surface area contributed by atoms with E-state index in [1.807, 2.05) is 31.2 Å². The molecule has 0 atom stereocenters. The van der Waals surface area contributed by atoms with Crippen LogP contribution in [-0.2, 0) is 6.18 Å². The number of carbonyl (C=O) groups is 1. The van der Waals surface area contributed by atoms with Crippen molar-refractivity contribution in [1.82, 2.24) is 4.90 Å². The molecule has 138 valence electrons. The minimum atomic E-state index is -4.51. The highest BCUT2D eigenvalue weighted by Gasteiger charge is 2.34. The third kappa shape index (κ3) is 4.09. The Hall–Kier alpha value is -2.70. The summed E-state index contributed by atoms with van der Waals surface area (Å²) in [6, 6.07) is 12.6. The molecule has 2 aromatic rings. The molecule has 1 aliphatic rings. The number of piperazine rings is 1. The number of benzene rings is 2. The zero-order valence-corrected chi connectivity index (χ0v) is 14.4. The van der Waals surface area contributed by atoms with Gasteiger partial charge in [-0.15, -0.1) is 0 Å². The van der Waals surface area contributed by atoms with Crippen molar-refractivity contribution in [3.63, 3.8) is 0 Å². The summed E-state index contributed by atoms with van der Waals surface area (Å²) in [7, 11) is 0. The molecule has 0 bridgehead atoms. The van der Waals surface area contributed by atoms with Gasteiger partial charge in [-0.2, -0.15) is 13.2 Å². The van der Waals surface area contributed by atoms with E-state index in [-0.39, 0.29) is 5.69 Å². The molecule has 7 heteroatoms. The number of rotatable bonds is 2. The standard InChI is InChI=1S/C19H20F3N3O/c1-14-6-8-15(9-7-14)24-10-12-25(13-11-24)18(26)23-17-5-3-2-4-16(17)19(20,21)22/h2-9H,10-13H2,1H3,(H,23,26). The number of alkyl halides is 3. The van der Waals surface area contributed by atoms with Crippen LogP contribution < -0.4 is 10.2 Å². The van der Waals surface area contributed by atoms with Crippen molar-refractivity contribution in [2.45, 2.75) is 13.1 Å². The summed E-state index contributed by atoms with van der Waals surface area (Å²) in [6.45, 7) is 4.20. The van der Waals surface area contributed by atoms with Crippen LogP contribution in [0.25, 0.3) is 0 Å². The van der Waals surface area contributed by atoms with Crippen LogP contribution in [0, 0.1) is 6.92 Å². The van der Waals surface area contributed by atoms with Gasteiger partial charge < -0.3 is 15.1 Å². The van der Waals surface area contributed by atoms with Gasteiger partial charge in [0.1, 0.15) is 0 Å². The summed E-state index contributed by atoms with van der Waals surface area (Å²) in [5.41, 5.74) is 1.20. The second kappa shape index (κ2) is 7.27. The molecule has 1 saturated heterocycles. The van der Waals surface area contributed by atoms with E-state index in [0.29, 0.717) is 26.2 Å². The molecule has 1 heterocycles. The SMILES string of the molecule is Cc1ccc(N2CCN(C(=O)Nc3ccccc3C(F)(F)F)CC2)cc1. The minimum Gasteiger partial charge on any atom is -0.368 e. The van der Waals surface area contributed by atoms with Crippen LogP contribution in [-0.4, -0.2) is 37.1 Å². The summed E-state index contributed by atoms with van der Waals surface area (Å²) >= 11 is 0. The Kier molecular flexibility index (Phi) is 5.06. The summed E-state index contributed by atoms with van der Waals surface area (Å²) in [6.07, 6.45) is -4.51. The average Bonchev–Trinajstić information content (AvgIpc) is 2.62. The van der Waals surface area contributed by atoms with Crippen LogP contribution in [0.2, 0.25) is 0 Å². The number of hydrogen-bond acceptors (Lipinski definition) is 2. The fourth-order valence-corrected chi connectivity index (χ4v) is 2.96. The molecular weight excluding hydrogens is 343 g/mol. The smallest absolute Gasteiger partial charge is 0.368 e. The predicted molar refractivity (Wildman–Crippen MR) is 95.4 cm³/mol. The summed E-state index contributed by atoms with van der Waals surface area (Å²) < 4.78 is 39.1. The molecule has 2 amide bonds. The number of anilines is 2. The third-order valence-electron chi connectivity index (χ3n) is 4.44. The molecule has 0 aliphatic carbocycles. The number of para-hydroxylation sites is 1. The Morgan fingerprint density at radius 1 is 0.962 bits per heavy atom. The number of urea groups is 1. The third-order valence-corrected chi connectivity index (χ3v) is 4.44. The first-order valence-electron chi connectivity index (χ1n) is 8.38. The van der Waals surface area contributed by atoms with Gasteiger partial charge in [0.15, 0.2) is 0 Å². The molecule has 0 radical (unpaired) electrons. The fraction of sp³-hybridized carbons (Fsp3) is 0.316. The lowest BCUT2D eigenvalue weighted by Crippen LogP contribution is -2.50. The lowest BCUT2D eigenvalue weighted by Gasteiger charge is -2.36. The molecule has 3 rings (SSSR count). The van der Waals surface area contributed by atoms with Crippen LogP contribution in [0.15, 0.2) is 48.5 Å². The predicted octanol–water partition coefficient (Wildman–Crippen LogP) is 4.37. The quantitative estimate of drug-likeness (QED) is 0.860.